The monoisotopic (exact) mass is 914 g/mol. The highest BCUT2D eigenvalue weighted by atomic mass is 32.5. The molecule has 3 aromatic heterocycles. The van der Waals surface area contributed by atoms with E-state index in [0.29, 0.717) is 25.3 Å². The fourth-order valence-electron chi connectivity index (χ4n) is 8.66. The summed E-state index contributed by atoms with van der Waals surface area (Å²) in [5, 5.41) is 18.1. The summed E-state index contributed by atoms with van der Waals surface area (Å²) >= 11 is 6.19. The fraction of sp³-hybridized carbons (Fsp3) is 0.743. The van der Waals surface area contributed by atoms with Gasteiger partial charge < -0.3 is 45.7 Å². The Balaban J connectivity index is 1.39. The zero-order chi connectivity index (χ0) is 42.7. The summed E-state index contributed by atoms with van der Waals surface area (Å²) < 4.78 is 67.0. The van der Waals surface area contributed by atoms with Crippen molar-refractivity contribution >= 4 is 55.1 Å². The fourth-order valence-corrected chi connectivity index (χ4v) is 22.7. The molecule has 3 fully saturated rings. The number of nitrogens with one attached hydrogen (secondary N) is 1. The molecule has 9 atom stereocenters. The molecule has 1 unspecified atom stereocenters. The zero-order valence-electron chi connectivity index (χ0n) is 34.6. The number of aromatic amines is 1. The molecule has 1 saturated heterocycles. The second-order valence-corrected chi connectivity index (χ2v) is 29.1. The van der Waals surface area contributed by atoms with E-state index < -0.39 is 74.0 Å². The maximum absolute atomic E-state index is 12.8. The van der Waals surface area contributed by atoms with Crippen molar-refractivity contribution in [2.45, 2.75) is 134 Å². The lowest BCUT2D eigenvalue weighted by molar-refractivity contribution is -0.0256. The van der Waals surface area contributed by atoms with Crippen molar-refractivity contribution in [2.75, 3.05) is 19.8 Å². The Hall–Kier alpha value is -2.36. The SMILES string of the molecule is CC(C)[Si]1(C(C)C)OC[C@H]2C[C@@H](n3nnc4c(=O)[nH]cnc43)[C@H](O[P@@](=S)(OCCC#N)OC[C@H]3C[C@@H](Oc4ccncn4)C[C@@H]3O[PH](=O)O)[C@@H]2O[Si](C(C)C)(C(C)C)O1. The topological polar surface area (TPSA) is 237 Å². The minimum Gasteiger partial charge on any atom is -0.474 e. The van der Waals surface area contributed by atoms with Gasteiger partial charge in [0.25, 0.3) is 5.56 Å². The molecule has 326 valence electrons. The first kappa shape index (κ1) is 46.2. The van der Waals surface area contributed by atoms with Crippen LogP contribution in [0.5, 0.6) is 5.88 Å². The highest BCUT2D eigenvalue weighted by Crippen LogP contribution is 2.58. The maximum atomic E-state index is 12.8. The second kappa shape index (κ2) is 19.4. The van der Waals surface area contributed by atoms with Gasteiger partial charge in [-0.05, 0) is 46.8 Å². The molecule has 0 bridgehead atoms. The van der Waals surface area contributed by atoms with Crippen LogP contribution in [0.25, 0.3) is 11.2 Å². The van der Waals surface area contributed by atoms with Gasteiger partial charge in [0.15, 0.2) is 11.2 Å². The van der Waals surface area contributed by atoms with E-state index in [0.717, 1.165) is 0 Å². The van der Waals surface area contributed by atoms with Gasteiger partial charge >= 0.3 is 32.1 Å². The quantitative estimate of drug-likeness (QED) is 0.0896. The Labute approximate surface area is 351 Å². The third-order valence-corrected chi connectivity index (χ3v) is 24.6. The summed E-state index contributed by atoms with van der Waals surface area (Å²) in [7, 11) is -9.43. The number of H-pyrrole nitrogens is 1. The summed E-state index contributed by atoms with van der Waals surface area (Å²) in [5.41, 5.74) is 0.123. The molecule has 0 aromatic carbocycles. The second-order valence-electron chi connectivity index (χ2n) is 16.6. The molecule has 2 saturated carbocycles. The van der Waals surface area contributed by atoms with Crippen LogP contribution in [0, 0.1) is 23.2 Å². The third-order valence-electron chi connectivity index (χ3n) is 11.5. The Morgan fingerprint density at radius 3 is 2.46 bits per heavy atom. The average Bonchev–Trinajstić information content (AvgIpc) is 3.86. The molecule has 3 aromatic rings. The first-order chi connectivity index (χ1) is 28.0. The zero-order valence-corrected chi connectivity index (χ0v) is 39.3. The summed E-state index contributed by atoms with van der Waals surface area (Å²) in [5.74, 6) is -0.353. The van der Waals surface area contributed by atoms with Crippen LogP contribution < -0.4 is 10.3 Å². The van der Waals surface area contributed by atoms with E-state index in [1.807, 2.05) is 0 Å². The van der Waals surface area contributed by atoms with Gasteiger partial charge in [-0.15, -0.1) is 5.10 Å². The van der Waals surface area contributed by atoms with Gasteiger partial charge in [0.1, 0.15) is 18.5 Å². The molecule has 0 spiro atoms. The maximum Gasteiger partial charge on any atom is 0.335 e. The molecule has 4 heterocycles. The first-order valence-corrected chi connectivity index (χ1v) is 27.9. The van der Waals surface area contributed by atoms with Gasteiger partial charge in [-0.1, -0.05) is 60.6 Å². The third kappa shape index (κ3) is 9.98. The lowest BCUT2D eigenvalue weighted by Gasteiger charge is -2.52. The molecule has 19 nitrogen and oxygen atoms in total. The van der Waals surface area contributed by atoms with Crippen molar-refractivity contribution in [1.82, 2.24) is 34.9 Å². The van der Waals surface area contributed by atoms with Crippen LogP contribution in [0.15, 0.2) is 29.7 Å². The highest BCUT2D eigenvalue weighted by molar-refractivity contribution is 8.07. The van der Waals surface area contributed by atoms with Crippen LogP contribution in [0.1, 0.15) is 87.1 Å². The smallest absolute Gasteiger partial charge is 0.335 e. The van der Waals surface area contributed by atoms with Crippen LogP contribution in [0.2, 0.25) is 22.2 Å². The number of rotatable bonds is 17. The van der Waals surface area contributed by atoms with E-state index in [1.165, 1.54) is 12.7 Å². The van der Waals surface area contributed by atoms with Gasteiger partial charge in [-0.2, -0.15) is 5.26 Å². The van der Waals surface area contributed by atoms with Crippen LogP contribution in [0.3, 0.4) is 0 Å². The normalized spacial score (nSPS) is 28.4. The number of hydrogen-bond donors (Lipinski definition) is 2. The van der Waals surface area contributed by atoms with E-state index in [1.54, 1.807) is 16.9 Å². The summed E-state index contributed by atoms with van der Waals surface area (Å²) in [6, 6.07) is 3.07. The molecule has 59 heavy (non-hydrogen) atoms. The predicted molar refractivity (Wildman–Crippen MR) is 223 cm³/mol. The van der Waals surface area contributed by atoms with Crippen LogP contribution in [0.4, 0.5) is 0 Å². The molecule has 2 N–H and O–H groups in total. The molecular weight excluding hydrogens is 859 g/mol. The Kier molecular flexibility index (Phi) is 15.1. The van der Waals surface area contributed by atoms with Crippen LogP contribution in [-0.2, 0) is 47.4 Å². The van der Waals surface area contributed by atoms with E-state index in [9.17, 15) is 19.5 Å². The van der Waals surface area contributed by atoms with Gasteiger partial charge in [-0.3, -0.25) is 9.36 Å². The lowest BCUT2D eigenvalue weighted by Crippen LogP contribution is -2.65. The van der Waals surface area contributed by atoms with E-state index in [-0.39, 0.29) is 65.3 Å². The highest BCUT2D eigenvalue weighted by Gasteiger charge is 2.62. The van der Waals surface area contributed by atoms with E-state index in [4.69, 9.17) is 47.6 Å². The van der Waals surface area contributed by atoms with Crippen molar-refractivity contribution < 1.29 is 45.3 Å². The molecular formula is C35H56N8O11P2SSi2. The van der Waals surface area contributed by atoms with Gasteiger partial charge in [-0.25, -0.2) is 19.6 Å². The molecule has 3 aliphatic rings. The van der Waals surface area contributed by atoms with Crippen molar-refractivity contribution in [1.29, 1.82) is 5.26 Å². The minimum atomic E-state index is -3.80. The lowest BCUT2D eigenvalue weighted by atomic mass is 10.1. The number of nitrogens with zero attached hydrogens (tertiary/aromatic N) is 7. The summed E-state index contributed by atoms with van der Waals surface area (Å²) in [6.07, 6.45) is 2.64. The average molecular weight is 915 g/mol. The van der Waals surface area contributed by atoms with Gasteiger partial charge in [0.2, 0.25) is 5.88 Å². The predicted octanol–water partition coefficient (Wildman–Crippen LogP) is 6.00. The number of ether oxygens (including phenoxy) is 1. The van der Waals surface area contributed by atoms with Gasteiger partial charge in [0, 0.05) is 37.1 Å². The Bertz CT molecular complexity index is 2050. The van der Waals surface area contributed by atoms with Crippen LogP contribution in [-0.4, -0.2) is 101 Å². The van der Waals surface area contributed by atoms with E-state index >= 15 is 0 Å². The number of hydrogen-bond acceptors (Lipinski definition) is 17. The van der Waals surface area contributed by atoms with Crippen molar-refractivity contribution in [3.63, 3.8) is 0 Å². The number of aromatic nitrogens is 7. The molecule has 2 aliphatic carbocycles. The van der Waals surface area contributed by atoms with Crippen LogP contribution >= 0.6 is 15.0 Å². The molecule has 0 radical (unpaired) electrons. The summed E-state index contributed by atoms with van der Waals surface area (Å²) in [4.78, 5) is 37.7. The summed E-state index contributed by atoms with van der Waals surface area (Å²) in [6.45, 7) is 13.5. The Morgan fingerprint density at radius 2 is 1.81 bits per heavy atom. The molecule has 24 heteroatoms. The largest absolute Gasteiger partial charge is 0.474 e. The first-order valence-electron chi connectivity index (χ1n) is 20.1. The molecule has 0 amide bonds. The molecule has 6 rings (SSSR count). The standard InChI is InChI=1S/C35H56N8O11P2SSi2/c1-21(2)58(22(3)4)49-18-26-15-28(43-34-31(41-42-43)35(44)40-20-39-34)33(32(26)53-59(54-58,23(5)6)24(7)8)52-56(57,47-13-9-11-36)48-17-25-14-27(16-29(25)51-55(45)46)50-30-10-12-37-19-38-30/h10,12,19-29,32-33,55H,9,13-18H2,1-8H3,(H,45,46)(H,39,40,44)/t25-,26-,27-,28-,29+,32-,33+,56-/m1/s1. The van der Waals surface area contributed by atoms with Crippen molar-refractivity contribution in [3.05, 3.63) is 35.3 Å². The Morgan fingerprint density at radius 1 is 1.08 bits per heavy atom. The number of fused-ring (bicyclic) bond motifs is 2. The number of nitriles is 1. The van der Waals surface area contributed by atoms with Gasteiger partial charge in [0.05, 0.1) is 50.3 Å². The van der Waals surface area contributed by atoms with E-state index in [2.05, 4.69) is 91.7 Å². The van der Waals surface area contributed by atoms with Crippen molar-refractivity contribution in [2.24, 2.45) is 11.8 Å². The van der Waals surface area contributed by atoms with Crippen molar-refractivity contribution in [3.8, 4) is 11.9 Å². The minimum absolute atomic E-state index is 0.00307. The molecule has 1 aliphatic heterocycles.